The molecule has 0 heterocycles. The van der Waals surface area contributed by atoms with Gasteiger partial charge in [-0.05, 0) is 38.2 Å². The van der Waals surface area contributed by atoms with E-state index >= 15 is 0 Å². The van der Waals surface area contributed by atoms with Crippen LogP contribution in [0.15, 0.2) is 23.1 Å². The molecule has 2 rings (SSSR count). The topological polar surface area (TPSA) is 115 Å². The van der Waals surface area contributed by atoms with Crippen molar-refractivity contribution in [2.75, 3.05) is 6.54 Å². The lowest BCUT2D eigenvalue weighted by Crippen LogP contribution is -2.53. The molecule has 0 spiro atoms. The number of sulfonamides is 1. The number of nitrogens with zero attached hydrogens (tertiary/aromatic N) is 1. The molecule has 1 aromatic carbocycles. The first-order chi connectivity index (χ1) is 9.69. The second kappa shape index (κ2) is 5.36. The Morgan fingerprint density at radius 2 is 2.10 bits per heavy atom. The number of nitrogens with one attached hydrogen (secondary N) is 1. The third kappa shape index (κ3) is 3.22. The van der Waals surface area contributed by atoms with Gasteiger partial charge in [0.2, 0.25) is 10.0 Å². The number of nitrogens with two attached hydrogens (primary N) is 1. The molecular weight excluding hydrogens is 294 g/mol. The number of non-ortho nitro benzene ring substituents is 1. The van der Waals surface area contributed by atoms with Crippen LogP contribution in [0.1, 0.15) is 25.3 Å². The number of aryl methyl sites for hydroxylation is 1. The Bertz CT molecular complexity index is 670. The molecule has 1 unspecified atom stereocenters. The van der Waals surface area contributed by atoms with Crippen molar-refractivity contribution in [2.45, 2.75) is 37.1 Å². The van der Waals surface area contributed by atoms with E-state index in [1.165, 1.54) is 12.1 Å². The van der Waals surface area contributed by atoms with Crippen molar-refractivity contribution in [3.63, 3.8) is 0 Å². The number of rotatable bonds is 6. The van der Waals surface area contributed by atoms with Crippen molar-refractivity contribution < 1.29 is 13.3 Å². The molecule has 3 N–H and O–H groups in total. The maximum atomic E-state index is 12.5. The van der Waals surface area contributed by atoms with Crippen molar-refractivity contribution in [1.29, 1.82) is 0 Å². The monoisotopic (exact) mass is 313 g/mol. The summed E-state index contributed by atoms with van der Waals surface area (Å²) in [6, 6.07) is 3.81. The zero-order chi connectivity index (χ0) is 15.8. The molecule has 21 heavy (non-hydrogen) atoms. The Balaban J connectivity index is 2.39. The van der Waals surface area contributed by atoms with E-state index in [2.05, 4.69) is 4.72 Å². The maximum absolute atomic E-state index is 12.5. The fourth-order valence-electron chi connectivity index (χ4n) is 2.37. The lowest BCUT2D eigenvalue weighted by Gasteiger charge is -2.29. The summed E-state index contributed by atoms with van der Waals surface area (Å²) in [6.07, 6.45) is 1.87. The predicted octanol–water partition coefficient (Wildman–Crippen LogP) is 1.31. The molecule has 0 radical (unpaired) electrons. The van der Waals surface area contributed by atoms with E-state index in [1.807, 2.05) is 0 Å². The van der Waals surface area contributed by atoms with Gasteiger partial charge in [-0.2, -0.15) is 0 Å². The second-order valence-corrected chi connectivity index (χ2v) is 7.36. The molecule has 0 aliphatic heterocycles. The first kappa shape index (κ1) is 15.9. The van der Waals surface area contributed by atoms with Crippen molar-refractivity contribution in [3.05, 3.63) is 33.9 Å². The van der Waals surface area contributed by atoms with E-state index in [1.54, 1.807) is 13.8 Å². The molecule has 0 amide bonds. The molecule has 1 aromatic rings. The minimum atomic E-state index is -3.86. The van der Waals surface area contributed by atoms with Crippen LogP contribution in [0.3, 0.4) is 0 Å². The van der Waals surface area contributed by atoms with Crippen LogP contribution >= 0.6 is 0 Å². The first-order valence-electron chi connectivity index (χ1n) is 6.69. The summed E-state index contributed by atoms with van der Waals surface area (Å²) in [5, 5.41) is 10.8. The number of nitro benzene ring substituents is 1. The lowest BCUT2D eigenvalue weighted by molar-refractivity contribution is -0.385. The molecule has 116 valence electrons. The van der Waals surface area contributed by atoms with Crippen LogP contribution in [-0.4, -0.2) is 25.4 Å². The average molecular weight is 313 g/mol. The highest BCUT2D eigenvalue weighted by Crippen LogP contribution is 2.40. The highest BCUT2D eigenvalue weighted by Gasteiger charge is 2.43. The van der Waals surface area contributed by atoms with E-state index in [4.69, 9.17) is 5.73 Å². The van der Waals surface area contributed by atoms with Gasteiger partial charge in [-0.1, -0.05) is 6.07 Å². The number of hydrogen-bond donors (Lipinski definition) is 2. The van der Waals surface area contributed by atoms with E-state index in [0.717, 1.165) is 18.9 Å². The quantitative estimate of drug-likeness (QED) is 0.607. The fraction of sp³-hybridized carbons (Fsp3) is 0.538. The number of nitro groups is 1. The fourth-order valence-corrected chi connectivity index (χ4v) is 4.11. The summed E-state index contributed by atoms with van der Waals surface area (Å²) in [7, 11) is -3.86. The second-order valence-electron chi connectivity index (χ2n) is 5.71. The summed E-state index contributed by atoms with van der Waals surface area (Å²) in [5.74, 6) is 0.219. The van der Waals surface area contributed by atoms with Gasteiger partial charge in [-0.25, -0.2) is 13.1 Å². The Kier molecular flexibility index (Phi) is 4.05. The zero-order valence-electron chi connectivity index (χ0n) is 12.0. The molecule has 1 fully saturated rings. The minimum Gasteiger partial charge on any atom is -0.329 e. The van der Waals surface area contributed by atoms with Crippen molar-refractivity contribution >= 4 is 15.7 Å². The maximum Gasteiger partial charge on any atom is 0.270 e. The SMILES string of the molecule is Cc1ccc([N+](=O)[O-])cc1S(=O)(=O)NC(C)(CN)C1CC1. The van der Waals surface area contributed by atoms with Gasteiger partial charge in [-0.15, -0.1) is 0 Å². The van der Waals surface area contributed by atoms with Crippen LogP contribution in [0, 0.1) is 23.0 Å². The highest BCUT2D eigenvalue weighted by atomic mass is 32.2. The van der Waals surface area contributed by atoms with Gasteiger partial charge < -0.3 is 5.73 Å². The van der Waals surface area contributed by atoms with E-state index in [-0.39, 0.29) is 23.0 Å². The molecule has 0 bridgehead atoms. The zero-order valence-corrected chi connectivity index (χ0v) is 12.8. The minimum absolute atomic E-state index is 0.0722. The largest absolute Gasteiger partial charge is 0.329 e. The molecule has 8 heteroatoms. The Labute approximate surface area is 123 Å². The normalized spacial score (nSPS) is 18.2. The summed E-state index contributed by atoms with van der Waals surface area (Å²) in [6.45, 7) is 3.56. The Morgan fingerprint density at radius 1 is 1.48 bits per heavy atom. The van der Waals surface area contributed by atoms with E-state index in [9.17, 15) is 18.5 Å². The molecule has 1 aliphatic rings. The summed E-state index contributed by atoms with van der Waals surface area (Å²) in [5.41, 5.74) is 5.21. The van der Waals surface area contributed by atoms with Gasteiger partial charge in [0, 0.05) is 24.2 Å². The van der Waals surface area contributed by atoms with E-state index in [0.29, 0.717) is 5.56 Å². The molecule has 1 aliphatic carbocycles. The Morgan fingerprint density at radius 3 is 2.57 bits per heavy atom. The van der Waals surface area contributed by atoms with Gasteiger partial charge >= 0.3 is 0 Å². The van der Waals surface area contributed by atoms with Gasteiger partial charge in [-0.3, -0.25) is 10.1 Å². The van der Waals surface area contributed by atoms with Crippen LogP contribution in [0.25, 0.3) is 0 Å². The molecule has 1 saturated carbocycles. The van der Waals surface area contributed by atoms with Gasteiger partial charge in [0.1, 0.15) is 0 Å². The molecule has 7 nitrogen and oxygen atoms in total. The van der Waals surface area contributed by atoms with Crippen molar-refractivity contribution in [2.24, 2.45) is 11.7 Å². The van der Waals surface area contributed by atoms with Gasteiger partial charge in [0.15, 0.2) is 0 Å². The van der Waals surface area contributed by atoms with Crippen molar-refractivity contribution in [3.8, 4) is 0 Å². The third-order valence-corrected chi connectivity index (χ3v) is 5.70. The van der Waals surface area contributed by atoms with E-state index < -0.39 is 20.5 Å². The smallest absolute Gasteiger partial charge is 0.270 e. The summed E-state index contributed by atoms with van der Waals surface area (Å²) in [4.78, 5) is 10.1. The van der Waals surface area contributed by atoms with Crippen LogP contribution in [0.4, 0.5) is 5.69 Å². The standard InChI is InChI=1S/C13H19N3O4S/c1-9-3-6-11(16(17)18)7-12(9)21(19,20)15-13(2,8-14)10-4-5-10/h3,6-7,10,15H,4-5,8,14H2,1-2H3. The molecule has 1 atom stereocenters. The average Bonchev–Trinajstić information content (AvgIpc) is 3.22. The van der Waals surface area contributed by atoms with Crippen LogP contribution in [0.5, 0.6) is 0 Å². The summed E-state index contributed by atoms with van der Waals surface area (Å²) >= 11 is 0. The van der Waals surface area contributed by atoms with Gasteiger partial charge in [0.05, 0.1) is 9.82 Å². The molecular formula is C13H19N3O4S. The predicted molar refractivity (Wildman–Crippen MR) is 78.3 cm³/mol. The van der Waals surface area contributed by atoms with Gasteiger partial charge in [0.25, 0.3) is 5.69 Å². The van der Waals surface area contributed by atoms with Crippen molar-refractivity contribution in [1.82, 2.24) is 4.72 Å². The summed E-state index contributed by atoms with van der Waals surface area (Å²) < 4.78 is 27.7. The molecule has 0 aromatic heterocycles. The number of hydrogen-bond acceptors (Lipinski definition) is 5. The Hall–Kier alpha value is -1.51. The van der Waals surface area contributed by atoms with Crippen LogP contribution < -0.4 is 10.5 Å². The lowest BCUT2D eigenvalue weighted by atomic mass is 9.98. The van der Waals surface area contributed by atoms with Crippen LogP contribution in [0.2, 0.25) is 0 Å². The highest BCUT2D eigenvalue weighted by molar-refractivity contribution is 7.89. The van der Waals surface area contributed by atoms with Crippen LogP contribution in [-0.2, 0) is 10.0 Å². The molecule has 0 saturated heterocycles. The number of benzene rings is 1. The third-order valence-electron chi connectivity index (χ3n) is 3.94. The first-order valence-corrected chi connectivity index (χ1v) is 8.17.